The topological polar surface area (TPSA) is 0 Å². The van der Waals surface area contributed by atoms with Gasteiger partial charge in [-0.25, -0.2) is 0 Å². The number of hydrogen-bond donors (Lipinski definition) is 0. The fraction of sp³-hybridized carbons (Fsp3) is 1.00. The fourth-order valence-electron chi connectivity index (χ4n) is 0. The second kappa shape index (κ2) is 6.22. The predicted octanol–water partition coefficient (Wildman–Crippen LogP) is -1.24. The van der Waals surface area contributed by atoms with Crippen molar-refractivity contribution in [1.29, 1.82) is 0 Å². The molecule has 0 rings (SSSR count). The molecule has 0 radical (unpaired) electrons. The molecule has 0 atom stereocenters. The van der Waals surface area contributed by atoms with E-state index in [2.05, 4.69) is 20.0 Å². The maximum atomic E-state index is 2.32. The molecule has 0 heterocycles. The van der Waals surface area contributed by atoms with Crippen LogP contribution in [0.25, 0.3) is 0 Å². The summed E-state index contributed by atoms with van der Waals surface area (Å²) in [4.78, 5) is 0. The van der Waals surface area contributed by atoms with Gasteiger partial charge in [0.15, 0.2) is 0 Å². The van der Waals surface area contributed by atoms with E-state index in [0.717, 1.165) is 0 Å². The Bertz CT molecular complexity index is 21.5. The van der Waals surface area contributed by atoms with E-state index in [-0.39, 0.29) is 38.4 Å². The van der Waals surface area contributed by atoms with Crippen molar-refractivity contribution < 1.29 is 29.6 Å². The molecule has 0 aromatic heterocycles. The average molecular weight is 110 g/mol. The molecule has 0 aromatic carbocycles. The Balaban J connectivity index is 0. The van der Waals surface area contributed by atoms with Crippen molar-refractivity contribution in [3.05, 3.63) is 0 Å². The van der Waals surface area contributed by atoms with Crippen molar-refractivity contribution in [3.63, 3.8) is 0 Å². The number of rotatable bonds is 1. The van der Waals surface area contributed by atoms with Gasteiger partial charge in [-0.2, -0.15) is 19.1 Å². The standard InChI is InChI=1S/C4H11Si.Na/c1-4-5(2)3;/h4H2,1-3H3;/q-1;+1. The quantitative estimate of drug-likeness (QED) is 0.371. The summed E-state index contributed by atoms with van der Waals surface area (Å²) in [6.45, 7) is 6.89. The average Bonchev–Trinajstić information content (AvgIpc) is 1.38. The van der Waals surface area contributed by atoms with E-state index in [1.165, 1.54) is 6.04 Å². The van der Waals surface area contributed by atoms with Crippen LogP contribution in [-0.4, -0.2) is 8.80 Å². The Labute approximate surface area is 64.2 Å². The van der Waals surface area contributed by atoms with Crippen LogP contribution < -0.4 is 29.6 Å². The minimum absolute atomic E-state index is 0. The van der Waals surface area contributed by atoms with Crippen molar-refractivity contribution in [2.24, 2.45) is 0 Å². The van der Waals surface area contributed by atoms with Crippen LogP contribution in [0.1, 0.15) is 6.92 Å². The molecule has 0 N–H and O–H groups in total. The molecule has 0 fully saturated rings. The Morgan fingerprint density at radius 1 is 1.33 bits per heavy atom. The third-order valence-electron chi connectivity index (χ3n) is 0.707. The van der Waals surface area contributed by atoms with Gasteiger partial charge in [-0.15, -0.1) is 0 Å². The van der Waals surface area contributed by atoms with Gasteiger partial charge in [-0.05, 0) is 0 Å². The third-order valence-corrected chi connectivity index (χ3v) is 2.12. The van der Waals surface area contributed by atoms with Gasteiger partial charge in [0.05, 0.1) is 0 Å². The van der Waals surface area contributed by atoms with E-state index < -0.39 is 0 Å². The first-order valence-electron chi connectivity index (χ1n) is 2.06. The van der Waals surface area contributed by atoms with Crippen LogP contribution in [0.15, 0.2) is 0 Å². The van der Waals surface area contributed by atoms with Crippen LogP contribution in [0, 0.1) is 0 Å². The van der Waals surface area contributed by atoms with Gasteiger partial charge in [0.2, 0.25) is 0 Å². The van der Waals surface area contributed by atoms with Crippen molar-refractivity contribution in [1.82, 2.24) is 0 Å². The van der Waals surface area contributed by atoms with Gasteiger partial charge < -0.3 is 0 Å². The van der Waals surface area contributed by atoms with E-state index in [4.69, 9.17) is 0 Å². The number of hydrogen-bond acceptors (Lipinski definition) is 0. The maximum absolute atomic E-state index is 2.32. The van der Waals surface area contributed by atoms with E-state index in [9.17, 15) is 0 Å². The second-order valence-corrected chi connectivity index (χ2v) is 4.68. The molecular weight excluding hydrogens is 99.1 g/mol. The van der Waals surface area contributed by atoms with E-state index in [0.29, 0.717) is 0 Å². The first-order valence-corrected chi connectivity index (χ1v) is 4.77. The molecule has 0 aliphatic carbocycles. The van der Waals surface area contributed by atoms with Gasteiger partial charge in [0.1, 0.15) is 0 Å². The van der Waals surface area contributed by atoms with Crippen LogP contribution in [0.4, 0.5) is 0 Å². The van der Waals surface area contributed by atoms with Crippen LogP contribution in [0.3, 0.4) is 0 Å². The van der Waals surface area contributed by atoms with Crippen molar-refractivity contribution >= 4 is 8.80 Å². The third kappa shape index (κ3) is 8.96. The van der Waals surface area contributed by atoms with E-state index in [1.54, 1.807) is 0 Å². The van der Waals surface area contributed by atoms with Crippen molar-refractivity contribution in [3.8, 4) is 0 Å². The van der Waals surface area contributed by atoms with Gasteiger partial charge in [0, 0.05) is 0 Å². The summed E-state index contributed by atoms with van der Waals surface area (Å²) < 4.78 is 0. The zero-order valence-corrected chi connectivity index (χ0v) is 8.21. The Morgan fingerprint density at radius 3 is 1.50 bits per heavy atom. The molecule has 0 spiro atoms. The molecular formula is C4H11NaSi. The van der Waals surface area contributed by atoms with Crippen molar-refractivity contribution in [2.45, 2.75) is 26.1 Å². The summed E-state index contributed by atoms with van der Waals surface area (Å²) in [6.07, 6.45) is 0. The minimum atomic E-state index is 0. The predicted molar refractivity (Wildman–Crippen MR) is 28.0 cm³/mol. The largest absolute Gasteiger partial charge is 1.00 e. The maximum Gasteiger partial charge on any atom is 1.00 e. The van der Waals surface area contributed by atoms with Crippen LogP contribution in [-0.2, 0) is 0 Å². The molecule has 32 valence electrons. The van der Waals surface area contributed by atoms with Crippen LogP contribution in [0.5, 0.6) is 0 Å². The SMILES string of the molecule is CC[Si-](C)C.[Na+]. The summed E-state index contributed by atoms with van der Waals surface area (Å²) in [6, 6.07) is 1.41. The molecule has 0 saturated heterocycles. The second-order valence-electron chi connectivity index (χ2n) is 1.56. The molecule has 0 aliphatic heterocycles. The summed E-state index contributed by atoms with van der Waals surface area (Å²) in [5.74, 6) is 0. The summed E-state index contributed by atoms with van der Waals surface area (Å²) >= 11 is 0. The molecule has 6 heavy (non-hydrogen) atoms. The summed E-state index contributed by atoms with van der Waals surface area (Å²) in [5.41, 5.74) is 0. The normalized spacial score (nSPS) is 8.00. The smallest absolute Gasteiger partial charge is 0.268 e. The fourth-order valence-corrected chi connectivity index (χ4v) is 0. The Morgan fingerprint density at radius 2 is 1.50 bits per heavy atom. The molecule has 0 amide bonds. The monoisotopic (exact) mass is 110 g/mol. The van der Waals surface area contributed by atoms with E-state index in [1.807, 2.05) is 0 Å². The van der Waals surface area contributed by atoms with Gasteiger partial charge in [0.25, 0.3) is 0 Å². The van der Waals surface area contributed by atoms with Gasteiger partial charge in [-0.3, -0.25) is 8.80 Å². The molecule has 0 nitrogen and oxygen atoms in total. The Kier molecular flexibility index (Phi) is 10.6. The van der Waals surface area contributed by atoms with Crippen LogP contribution in [0.2, 0.25) is 19.1 Å². The molecule has 0 aliphatic rings. The summed E-state index contributed by atoms with van der Waals surface area (Å²) in [5, 5.41) is 0. The Hall–Kier alpha value is 1.22. The molecule has 0 saturated carbocycles. The first-order chi connectivity index (χ1) is 2.27. The molecule has 2 heteroatoms. The van der Waals surface area contributed by atoms with Crippen LogP contribution >= 0.6 is 0 Å². The summed E-state index contributed by atoms with van der Waals surface area (Å²) in [7, 11) is 0.126. The first kappa shape index (κ1) is 10.2. The molecule has 0 aromatic rings. The molecule has 0 unspecified atom stereocenters. The van der Waals surface area contributed by atoms with Gasteiger partial charge in [-0.1, -0.05) is 6.92 Å². The minimum Gasteiger partial charge on any atom is -0.268 e. The zero-order chi connectivity index (χ0) is 4.28. The van der Waals surface area contributed by atoms with Gasteiger partial charge >= 0.3 is 29.6 Å². The van der Waals surface area contributed by atoms with Crippen molar-refractivity contribution in [2.75, 3.05) is 0 Å². The zero-order valence-electron chi connectivity index (χ0n) is 5.21. The van der Waals surface area contributed by atoms with E-state index >= 15 is 0 Å². The molecule has 0 bridgehead atoms.